The number of alkyl halides is 2. The molecule has 2 N–H and O–H groups in total. The molecule has 1 heterocycles. The van der Waals surface area contributed by atoms with Crippen molar-refractivity contribution in [3.8, 4) is 5.75 Å². The largest absolute Gasteiger partial charge is 0.435 e. The van der Waals surface area contributed by atoms with Gasteiger partial charge in [-0.25, -0.2) is 4.98 Å². The molecule has 0 fully saturated rings. The number of carbonyl (C=O) groups is 1. The summed E-state index contributed by atoms with van der Waals surface area (Å²) in [6.45, 7) is 1.02. The van der Waals surface area contributed by atoms with E-state index in [-0.39, 0.29) is 11.7 Å². The van der Waals surface area contributed by atoms with E-state index in [2.05, 4.69) is 20.4 Å². The van der Waals surface area contributed by atoms with Crippen LogP contribution in [0.5, 0.6) is 5.75 Å². The first-order valence-corrected chi connectivity index (χ1v) is 8.95. The average molecular weight is 389 g/mol. The molecule has 3 rings (SSSR count). The third-order valence-corrected chi connectivity index (χ3v) is 4.47. The smallest absolute Gasteiger partial charge is 0.387 e. The zero-order valence-corrected chi connectivity index (χ0v) is 15.4. The Morgan fingerprint density at radius 2 is 1.89 bits per heavy atom. The molecule has 0 atom stereocenters. The van der Waals surface area contributed by atoms with Crippen LogP contribution in [0.3, 0.4) is 0 Å². The number of benzene rings is 2. The van der Waals surface area contributed by atoms with Gasteiger partial charge in [0.05, 0.1) is 0 Å². The second-order valence-corrected chi connectivity index (χ2v) is 6.70. The Bertz CT molecular complexity index is 942. The highest BCUT2D eigenvalue weighted by Gasteiger charge is 2.13. The Morgan fingerprint density at radius 1 is 1.15 bits per heavy atom. The minimum absolute atomic E-state index is 0.0725. The summed E-state index contributed by atoms with van der Waals surface area (Å²) in [6, 6.07) is 11.9. The number of rotatable bonds is 6. The molecule has 3 aromatic rings. The lowest BCUT2D eigenvalue weighted by atomic mass is 10.1. The highest BCUT2D eigenvalue weighted by Crippen LogP contribution is 2.24. The molecule has 5 nitrogen and oxygen atoms in total. The molecule has 2 aromatic carbocycles. The first-order chi connectivity index (χ1) is 12.9. The quantitative estimate of drug-likeness (QED) is 0.596. The Balaban J connectivity index is 1.65. The molecule has 0 bridgehead atoms. The van der Waals surface area contributed by atoms with E-state index in [1.165, 1.54) is 23.5 Å². The molecule has 0 saturated heterocycles. The Morgan fingerprint density at radius 3 is 2.59 bits per heavy atom. The normalized spacial score (nSPS) is 10.7. The number of hydrogen-bond donors (Lipinski definition) is 2. The molecule has 8 heteroatoms. The molecule has 1 aromatic heterocycles. The van der Waals surface area contributed by atoms with Crippen LogP contribution < -0.4 is 15.4 Å². The van der Waals surface area contributed by atoms with Gasteiger partial charge in [-0.05, 0) is 55.3 Å². The van der Waals surface area contributed by atoms with Crippen molar-refractivity contribution in [3.05, 3.63) is 64.7 Å². The molecule has 0 saturated carbocycles. The van der Waals surface area contributed by atoms with Crippen molar-refractivity contribution in [1.82, 2.24) is 4.98 Å². The van der Waals surface area contributed by atoms with E-state index in [0.29, 0.717) is 16.5 Å². The van der Waals surface area contributed by atoms with E-state index in [4.69, 9.17) is 0 Å². The molecule has 0 aliphatic rings. The lowest BCUT2D eigenvalue weighted by Crippen LogP contribution is -2.13. The predicted octanol–water partition coefficient (Wildman–Crippen LogP) is 5.36. The van der Waals surface area contributed by atoms with Gasteiger partial charge in [-0.15, -0.1) is 11.3 Å². The van der Waals surface area contributed by atoms with Crippen LogP contribution in [0.4, 0.5) is 25.3 Å². The van der Waals surface area contributed by atoms with Crippen LogP contribution in [0, 0.1) is 13.8 Å². The lowest BCUT2D eigenvalue weighted by Gasteiger charge is -2.08. The summed E-state index contributed by atoms with van der Waals surface area (Å²) < 4.78 is 28.6. The number of aryl methyl sites for hydroxylation is 2. The average Bonchev–Trinajstić information content (AvgIpc) is 3.08. The highest BCUT2D eigenvalue weighted by molar-refractivity contribution is 7.14. The Labute approximate surface area is 159 Å². The molecule has 0 spiro atoms. The molecular formula is C19H17F2N3O2S. The predicted molar refractivity (Wildman–Crippen MR) is 102 cm³/mol. The minimum atomic E-state index is -2.86. The second-order valence-electron chi connectivity index (χ2n) is 5.84. The maximum absolute atomic E-state index is 12.4. The van der Waals surface area contributed by atoms with Crippen LogP contribution in [0.25, 0.3) is 0 Å². The number of nitrogens with one attached hydrogen (secondary N) is 2. The van der Waals surface area contributed by atoms with E-state index in [9.17, 15) is 13.6 Å². The van der Waals surface area contributed by atoms with Gasteiger partial charge in [0.2, 0.25) is 0 Å². The second kappa shape index (κ2) is 8.13. The molecule has 140 valence electrons. The van der Waals surface area contributed by atoms with Crippen molar-refractivity contribution in [2.24, 2.45) is 0 Å². The molecule has 0 aliphatic carbocycles. The summed E-state index contributed by atoms with van der Waals surface area (Å²) in [4.78, 5) is 16.7. The zero-order valence-electron chi connectivity index (χ0n) is 14.6. The van der Waals surface area contributed by atoms with E-state index in [0.717, 1.165) is 16.8 Å². The van der Waals surface area contributed by atoms with Gasteiger partial charge < -0.3 is 15.4 Å². The molecule has 0 aliphatic heterocycles. The van der Waals surface area contributed by atoms with Crippen LogP contribution in [-0.4, -0.2) is 17.5 Å². The lowest BCUT2D eigenvalue weighted by molar-refractivity contribution is -0.0498. The highest BCUT2D eigenvalue weighted by atomic mass is 32.1. The van der Waals surface area contributed by atoms with Crippen molar-refractivity contribution in [1.29, 1.82) is 0 Å². The minimum Gasteiger partial charge on any atom is -0.435 e. The van der Waals surface area contributed by atoms with E-state index < -0.39 is 6.61 Å². The zero-order chi connectivity index (χ0) is 19.4. The summed E-state index contributed by atoms with van der Waals surface area (Å²) in [5.41, 5.74) is 3.70. The summed E-state index contributed by atoms with van der Waals surface area (Å²) >= 11 is 1.27. The summed E-state index contributed by atoms with van der Waals surface area (Å²) in [6.07, 6.45) is 0. The first-order valence-electron chi connectivity index (χ1n) is 8.07. The number of carbonyl (C=O) groups excluding carboxylic acids is 1. The number of anilines is 3. The van der Waals surface area contributed by atoms with E-state index >= 15 is 0 Å². The van der Waals surface area contributed by atoms with Gasteiger partial charge >= 0.3 is 6.61 Å². The van der Waals surface area contributed by atoms with Gasteiger partial charge in [-0.3, -0.25) is 4.79 Å². The van der Waals surface area contributed by atoms with Crippen LogP contribution >= 0.6 is 11.3 Å². The van der Waals surface area contributed by atoms with Gasteiger partial charge in [0.1, 0.15) is 11.4 Å². The molecule has 0 unspecified atom stereocenters. The maximum atomic E-state index is 12.4. The van der Waals surface area contributed by atoms with Crippen molar-refractivity contribution in [2.75, 3.05) is 10.6 Å². The van der Waals surface area contributed by atoms with E-state index in [1.54, 1.807) is 17.5 Å². The van der Waals surface area contributed by atoms with E-state index in [1.807, 2.05) is 32.0 Å². The first kappa shape index (κ1) is 18.8. The van der Waals surface area contributed by atoms with Gasteiger partial charge in [0.15, 0.2) is 5.13 Å². The number of thiazole rings is 1. The van der Waals surface area contributed by atoms with Gasteiger partial charge in [0, 0.05) is 16.8 Å². The molecule has 1 amide bonds. The fourth-order valence-corrected chi connectivity index (χ4v) is 3.05. The number of nitrogens with zero attached hydrogens (tertiary/aromatic N) is 1. The molecular weight excluding hydrogens is 372 g/mol. The monoisotopic (exact) mass is 389 g/mol. The molecule has 27 heavy (non-hydrogen) atoms. The number of halogens is 2. The van der Waals surface area contributed by atoms with Gasteiger partial charge in [-0.1, -0.05) is 12.1 Å². The summed E-state index contributed by atoms with van der Waals surface area (Å²) in [7, 11) is 0. The van der Waals surface area contributed by atoms with Crippen molar-refractivity contribution >= 4 is 33.8 Å². The Kier molecular flexibility index (Phi) is 5.66. The van der Waals surface area contributed by atoms with Gasteiger partial charge in [-0.2, -0.15) is 8.78 Å². The number of aromatic nitrogens is 1. The number of ether oxygens (including phenoxy) is 1. The summed E-state index contributed by atoms with van der Waals surface area (Å²) in [5.74, 6) is -0.225. The fraction of sp³-hybridized carbons (Fsp3) is 0.158. The summed E-state index contributed by atoms with van der Waals surface area (Å²) in [5, 5.41) is 8.06. The van der Waals surface area contributed by atoms with Crippen molar-refractivity contribution in [3.63, 3.8) is 0 Å². The standard InChI is InChI=1S/C19H17F2N3O2S/c1-11-3-4-12(2)15(9-11)23-17(25)16-10-27-19(24-16)22-13-5-7-14(8-6-13)26-18(20)21/h3-10,18H,1-2H3,(H,22,24)(H,23,25). The third-order valence-electron chi connectivity index (χ3n) is 3.71. The van der Waals surface area contributed by atoms with Crippen molar-refractivity contribution < 1.29 is 18.3 Å². The van der Waals surface area contributed by atoms with Crippen LogP contribution in [0.1, 0.15) is 21.6 Å². The third kappa shape index (κ3) is 5.01. The Hall–Kier alpha value is -3.00. The molecule has 0 radical (unpaired) electrons. The van der Waals surface area contributed by atoms with Crippen molar-refractivity contribution in [2.45, 2.75) is 20.5 Å². The van der Waals surface area contributed by atoms with Gasteiger partial charge in [0.25, 0.3) is 5.91 Å². The topological polar surface area (TPSA) is 63.2 Å². The van der Waals surface area contributed by atoms with Crippen LogP contribution in [-0.2, 0) is 0 Å². The maximum Gasteiger partial charge on any atom is 0.387 e. The number of hydrogen-bond acceptors (Lipinski definition) is 5. The SMILES string of the molecule is Cc1ccc(C)c(NC(=O)c2csc(Nc3ccc(OC(F)F)cc3)n2)c1. The fourth-order valence-electron chi connectivity index (χ4n) is 2.34. The van der Waals surface area contributed by atoms with Crippen LogP contribution in [0.2, 0.25) is 0 Å². The van der Waals surface area contributed by atoms with Crippen LogP contribution in [0.15, 0.2) is 47.8 Å². The number of amides is 1.